The number of aromatic nitrogens is 2. The van der Waals surface area contributed by atoms with Crippen LogP contribution < -0.4 is 0 Å². The molecule has 24 heavy (non-hydrogen) atoms. The fourth-order valence-electron chi connectivity index (χ4n) is 1.90. The van der Waals surface area contributed by atoms with Gasteiger partial charge in [0.05, 0.1) is 25.6 Å². The van der Waals surface area contributed by atoms with Crippen LogP contribution in [0.15, 0.2) is 56.7 Å². The SMILES string of the molecule is O[C@H](COCc1ccccc1Cl)CSc1nnc(-c2ccco2)o1. The summed E-state index contributed by atoms with van der Waals surface area (Å²) in [5.74, 6) is 1.20. The highest BCUT2D eigenvalue weighted by Gasteiger charge is 2.13. The summed E-state index contributed by atoms with van der Waals surface area (Å²) < 4.78 is 16.1. The summed E-state index contributed by atoms with van der Waals surface area (Å²) in [7, 11) is 0. The number of thioether (sulfide) groups is 1. The first-order valence-corrected chi connectivity index (χ1v) is 8.58. The third-order valence-corrected chi connectivity index (χ3v) is 4.40. The number of hydrogen-bond donors (Lipinski definition) is 1. The van der Waals surface area contributed by atoms with Crippen LogP contribution in [0.2, 0.25) is 5.02 Å². The molecule has 0 unspecified atom stereocenters. The second kappa shape index (κ2) is 8.34. The van der Waals surface area contributed by atoms with Crippen molar-refractivity contribution in [1.82, 2.24) is 10.2 Å². The lowest BCUT2D eigenvalue weighted by atomic mass is 10.2. The van der Waals surface area contributed by atoms with Gasteiger partial charge in [-0.3, -0.25) is 0 Å². The zero-order valence-electron chi connectivity index (χ0n) is 12.6. The van der Waals surface area contributed by atoms with Crippen LogP contribution in [0, 0.1) is 0 Å². The van der Waals surface area contributed by atoms with E-state index < -0.39 is 6.10 Å². The molecular weight excluding hydrogens is 352 g/mol. The molecule has 1 aromatic carbocycles. The van der Waals surface area contributed by atoms with E-state index in [1.807, 2.05) is 18.2 Å². The highest BCUT2D eigenvalue weighted by molar-refractivity contribution is 7.99. The van der Waals surface area contributed by atoms with Crippen LogP contribution in [0.25, 0.3) is 11.7 Å². The number of aliphatic hydroxyl groups is 1. The van der Waals surface area contributed by atoms with E-state index in [0.717, 1.165) is 5.56 Å². The van der Waals surface area contributed by atoms with Gasteiger partial charge in [0, 0.05) is 10.8 Å². The van der Waals surface area contributed by atoms with Crippen molar-refractivity contribution >= 4 is 23.4 Å². The molecule has 0 saturated carbocycles. The molecule has 0 saturated heterocycles. The molecule has 8 heteroatoms. The lowest BCUT2D eigenvalue weighted by Gasteiger charge is -2.10. The molecule has 2 aromatic heterocycles. The number of nitrogens with zero attached hydrogens (tertiary/aromatic N) is 2. The second-order valence-electron chi connectivity index (χ2n) is 4.92. The number of halogens is 1. The zero-order chi connectivity index (χ0) is 16.8. The number of aliphatic hydroxyl groups excluding tert-OH is 1. The Kier molecular flexibility index (Phi) is 5.92. The van der Waals surface area contributed by atoms with Crippen molar-refractivity contribution in [2.24, 2.45) is 0 Å². The molecule has 3 aromatic rings. The van der Waals surface area contributed by atoms with Gasteiger partial charge in [0.25, 0.3) is 11.1 Å². The minimum Gasteiger partial charge on any atom is -0.459 e. The van der Waals surface area contributed by atoms with Gasteiger partial charge in [-0.05, 0) is 23.8 Å². The van der Waals surface area contributed by atoms with E-state index in [1.54, 1.807) is 18.2 Å². The molecule has 0 radical (unpaired) electrons. The summed E-state index contributed by atoms with van der Waals surface area (Å²) in [6.07, 6.45) is 0.878. The van der Waals surface area contributed by atoms with Crippen LogP contribution >= 0.6 is 23.4 Å². The Morgan fingerprint density at radius 1 is 1.21 bits per heavy atom. The molecule has 1 N–H and O–H groups in total. The third kappa shape index (κ3) is 4.61. The Bertz CT molecular complexity index is 763. The van der Waals surface area contributed by atoms with Crippen molar-refractivity contribution in [2.45, 2.75) is 17.9 Å². The van der Waals surface area contributed by atoms with Gasteiger partial charge in [-0.25, -0.2) is 0 Å². The highest BCUT2D eigenvalue weighted by Crippen LogP contribution is 2.24. The number of hydrogen-bond acceptors (Lipinski definition) is 7. The van der Waals surface area contributed by atoms with E-state index in [1.165, 1.54) is 18.0 Å². The zero-order valence-corrected chi connectivity index (χ0v) is 14.2. The maximum absolute atomic E-state index is 9.96. The average Bonchev–Trinajstić information content (AvgIpc) is 3.26. The smallest absolute Gasteiger partial charge is 0.284 e. The van der Waals surface area contributed by atoms with Gasteiger partial charge in [0.1, 0.15) is 0 Å². The molecule has 0 fully saturated rings. The van der Waals surface area contributed by atoms with Gasteiger partial charge in [-0.1, -0.05) is 41.6 Å². The number of benzene rings is 1. The predicted molar refractivity (Wildman–Crippen MR) is 89.8 cm³/mol. The molecule has 0 aliphatic carbocycles. The molecule has 0 bridgehead atoms. The molecule has 3 rings (SSSR count). The highest BCUT2D eigenvalue weighted by atomic mass is 35.5. The molecule has 0 aliphatic rings. The van der Waals surface area contributed by atoms with Crippen LogP contribution in [0.5, 0.6) is 0 Å². The van der Waals surface area contributed by atoms with Gasteiger partial charge in [-0.2, -0.15) is 0 Å². The number of ether oxygens (including phenoxy) is 1. The first-order chi connectivity index (χ1) is 11.7. The monoisotopic (exact) mass is 366 g/mol. The molecule has 6 nitrogen and oxygen atoms in total. The lowest BCUT2D eigenvalue weighted by molar-refractivity contribution is 0.0397. The fraction of sp³-hybridized carbons (Fsp3) is 0.250. The minimum absolute atomic E-state index is 0.192. The molecular formula is C16H15ClN2O4S. The van der Waals surface area contributed by atoms with Crippen LogP contribution in [0.3, 0.4) is 0 Å². The summed E-state index contributed by atoms with van der Waals surface area (Å²) in [5, 5.41) is 18.8. The minimum atomic E-state index is -0.656. The van der Waals surface area contributed by atoms with Crippen molar-refractivity contribution in [3.8, 4) is 11.7 Å². The van der Waals surface area contributed by atoms with Crippen LogP contribution in [0.1, 0.15) is 5.56 Å². The summed E-state index contributed by atoms with van der Waals surface area (Å²) in [5.41, 5.74) is 0.888. The fourth-order valence-corrected chi connectivity index (χ4v) is 2.76. The summed E-state index contributed by atoms with van der Waals surface area (Å²) in [6, 6.07) is 10.9. The Morgan fingerprint density at radius 3 is 2.88 bits per heavy atom. The maximum atomic E-state index is 9.96. The number of furan rings is 1. The van der Waals surface area contributed by atoms with Crippen LogP contribution in [0.4, 0.5) is 0 Å². The average molecular weight is 367 g/mol. The molecule has 126 valence electrons. The largest absolute Gasteiger partial charge is 0.459 e. The van der Waals surface area contributed by atoms with Gasteiger partial charge >= 0.3 is 0 Å². The second-order valence-corrected chi connectivity index (χ2v) is 6.30. The normalized spacial score (nSPS) is 12.4. The van der Waals surface area contributed by atoms with Gasteiger partial charge in [0.15, 0.2) is 5.76 Å². The standard InChI is InChI=1S/C16H15ClN2O4S/c17-13-5-2-1-4-11(13)8-21-9-12(20)10-24-16-19-18-15(23-16)14-6-3-7-22-14/h1-7,12,20H,8-10H2/t12-/m1/s1. The van der Waals surface area contributed by atoms with E-state index in [0.29, 0.717) is 34.3 Å². The Morgan fingerprint density at radius 2 is 2.08 bits per heavy atom. The Labute approximate surface area is 147 Å². The first kappa shape index (κ1) is 17.0. The molecule has 2 heterocycles. The quantitative estimate of drug-likeness (QED) is 0.609. The van der Waals surface area contributed by atoms with Crippen LogP contribution in [-0.2, 0) is 11.3 Å². The van der Waals surface area contributed by atoms with Gasteiger partial charge in [0.2, 0.25) is 0 Å². The Hall–Kier alpha value is -1.80. The summed E-state index contributed by atoms with van der Waals surface area (Å²) in [6.45, 7) is 0.544. The topological polar surface area (TPSA) is 81.5 Å². The van der Waals surface area contributed by atoms with Crippen molar-refractivity contribution in [2.75, 3.05) is 12.4 Å². The lowest BCUT2D eigenvalue weighted by Crippen LogP contribution is -2.18. The third-order valence-electron chi connectivity index (χ3n) is 3.06. The molecule has 1 atom stereocenters. The van der Waals surface area contributed by atoms with E-state index in [4.69, 9.17) is 25.2 Å². The van der Waals surface area contributed by atoms with Crippen molar-refractivity contribution in [3.05, 3.63) is 53.2 Å². The summed E-state index contributed by atoms with van der Waals surface area (Å²) >= 11 is 7.30. The number of rotatable bonds is 8. The molecule has 0 aliphatic heterocycles. The van der Waals surface area contributed by atoms with Crippen molar-refractivity contribution < 1.29 is 18.7 Å². The maximum Gasteiger partial charge on any atom is 0.284 e. The van der Waals surface area contributed by atoms with E-state index in [9.17, 15) is 5.11 Å². The van der Waals surface area contributed by atoms with E-state index in [2.05, 4.69) is 10.2 Å². The van der Waals surface area contributed by atoms with E-state index in [-0.39, 0.29) is 6.61 Å². The first-order valence-electron chi connectivity index (χ1n) is 7.22. The van der Waals surface area contributed by atoms with Gasteiger partial charge < -0.3 is 18.7 Å². The summed E-state index contributed by atoms with van der Waals surface area (Å²) in [4.78, 5) is 0. The van der Waals surface area contributed by atoms with Crippen molar-refractivity contribution in [1.29, 1.82) is 0 Å². The Balaban J connectivity index is 1.41. The molecule has 0 spiro atoms. The van der Waals surface area contributed by atoms with Crippen LogP contribution in [-0.4, -0.2) is 33.8 Å². The molecule has 0 amide bonds. The predicted octanol–water partition coefficient (Wildman–Crippen LogP) is 3.65. The van der Waals surface area contributed by atoms with Crippen molar-refractivity contribution in [3.63, 3.8) is 0 Å². The van der Waals surface area contributed by atoms with E-state index >= 15 is 0 Å². The van der Waals surface area contributed by atoms with Gasteiger partial charge in [-0.15, -0.1) is 10.2 Å².